The lowest BCUT2D eigenvalue weighted by atomic mass is 10.1. The van der Waals surface area contributed by atoms with Crippen LogP contribution in [-0.4, -0.2) is 26.5 Å². The monoisotopic (exact) mass is 283 g/mol. The Morgan fingerprint density at radius 1 is 1.24 bits per heavy atom. The maximum atomic E-state index is 11.3. The lowest BCUT2D eigenvalue weighted by Crippen LogP contribution is -2.24. The molecular weight excluding hydrogens is 262 g/mol. The third-order valence-electron chi connectivity index (χ3n) is 3.95. The molecule has 0 unspecified atom stereocenters. The number of aryl methyl sites for hydroxylation is 1. The van der Waals surface area contributed by atoms with Crippen molar-refractivity contribution in [3.8, 4) is 0 Å². The summed E-state index contributed by atoms with van der Waals surface area (Å²) in [6, 6.07) is 8.67. The molecule has 0 radical (unpaired) electrons. The fraction of sp³-hybridized carbons (Fsp3) is 0.412. The number of nitrogens with zero attached hydrogens (tertiary/aromatic N) is 3. The Labute approximate surface area is 125 Å². The van der Waals surface area contributed by atoms with E-state index < -0.39 is 0 Å². The van der Waals surface area contributed by atoms with Gasteiger partial charge in [-0.2, -0.15) is 5.10 Å². The molecule has 0 amide bonds. The van der Waals surface area contributed by atoms with Crippen LogP contribution in [0.2, 0.25) is 0 Å². The van der Waals surface area contributed by atoms with Gasteiger partial charge in [0.05, 0.1) is 6.20 Å². The zero-order valence-corrected chi connectivity index (χ0v) is 12.6. The van der Waals surface area contributed by atoms with Gasteiger partial charge < -0.3 is 0 Å². The third-order valence-corrected chi connectivity index (χ3v) is 3.95. The minimum Gasteiger partial charge on any atom is -0.295 e. The molecule has 1 aliphatic rings. The first-order valence-electron chi connectivity index (χ1n) is 7.43. The molecule has 1 heterocycles. The fourth-order valence-electron chi connectivity index (χ4n) is 2.62. The van der Waals surface area contributed by atoms with Gasteiger partial charge in [-0.05, 0) is 25.3 Å². The van der Waals surface area contributed by atoms with E-state index in [0.29, 0.717) is 6.04 Å². The van der Waals surface area contributed by atoms with Crippen LogP contribution in [0.15, 0.2) is 36.7 Å². The largest absolute Gasteiger partial charge is 0.295 e. The van der Waals surface area contributed by atoms with E-state index >= 15 is 0 Å². The van der Waals surface area contributed by atoms with Crippen LogP contribution in [0.25, 0.3) is 0 Å². The summed E-state index contributed by atoms with van der Waals surface area (Å²) in [4.78, 5) is 13.8. The molecule has 0 aliphatic heterocycles. The molecule has 0 N–H and O–H groups in total. The molecule has 1 saturated carbocycles. The standard InChI is InChI=1S/C17H21N3O/c1-13(21)16-5-3-14(4-6-16)11-20(17-7-8-17)12-15-9-18-19(2)10-15/h3-6,9-10,17H,7-8,11-12H2,1-2H3. The van der Waals surface area contributed by atoms with Crippen LogP contribution >= 0.6 is 0 Å². The molecular formula is C17H21N3O. The number of hydrogen-bond donors (Lipinski definition) is 0. The second-order valence-electron chi connectivity index (χ2n) is 5.91. The van der Waals surface area contributed by atoms with Crippen molar-refractivity contribution < 1.29 is 4.79 Å². The summed E-state index contributed by atoms with van der Waals surface area (Å²) in [7, 11) is 1.95. The Bertz CT molecular complexity index is 626. The minimum absolute atomic E-state index is 0.121. The lowest BCUT2D eigenvalue weighted by Gasteiger charge is -2.21. The van der Waals surface area contributed by atoms with Crippen molar-refractivity contribution in [2.75, 3.05) is 0 Å². The van der Waals surface area contributed by atoms with E-state index in [4.69, 9.17) is 0 Å². The van der Waals surface area contributed by atoms with Crippen LogP contribution in [0.1, 0.15) is 41.3 Å². The number of benzene rings is 1. The highest BCUT2D eigenvalue weighted by molar-refractivity contribution is 5.93. The van der Waals surface area contributed by atoms with Crippen molar-refractivity contribution in [2.24, 2.45) is 7.05 Å². The van der Waals surface area contributed by atoms with Crippen molar-refractivity contribution in [3.63, 3.8) is 0 Å². The zero-order valence-electron chi connectivity index (χ0n) is 12.6. The molecule has 0 bridgehead atoms. The molecule has 1 aliphatic carbocycles. The van der Waals surface area contributed by atoms with Gasteiger partial charge in [0.25, 0.3) is 0 Å². The number of aromatic nitrogens is 2. The van der Waals surface area contributed by atoms with Crippen LogP contribution in [0.4, 0.5) is 0 Å². The zero-order chi connectivity index (χ0) is 14.8. The first-order chi connectivity index (χ1) is 10.1. The average Bonchev–Trinajstić information content (AvgIpc) is 3.23. The van der Waals surface area contributed by atoms with E-state index in [-0.39, 0.29) is 5.78 Å². The molecule has 3 rings (SSSR count). The predicted octanol–water partition coefficient (Wildman–Crippen LogP) is 2.79. The Hall–Kier alpha value is -1.94. The molecule has 0 saturated heterocycles. The Kier molecular flexibility index (Phi) is 3.88. The van der Waals surface area contributed by atoms with Gasteiger partial charge in [0.1, 0.15) is 0 Å². The number of rotatable bonds is 6. The summed E-state index contributed by atoms with van der Waals surface area (Å²) in [5, 5.41) is 4.24. The van der Waals surface area contributed by atoms with Crippen LogP contribution in [0.3, 0.4) is 0 Å². The van der Waals surface area contributed by atoms with Crippen molar-refractivity contribution in [1.82, 2.24) is 14.7 Å². The number of hydrogen-bond acceptors (Lipinski definition) is 3. The van der Waals surface area contributed by atoms with Crippen LogP contribution in [0, 0.1) is 0 Å². The van der Waals surface area contributed by atoms with E-state index in [1.165, 1.54) is 24.0 Å². The second kappa shape index (κ2) is 5.82. The van der Waals surface area contributed by atoms with Crippen molar-refractivity contribution in [2.45, 2.75) is 38.9 Å². The highest BCUT2D eigenvalue weighted by atomic mass is 16.1. The van der Waals surface area contributed by atoms with Gasteiger partial charge in [0.2, 0.25) is 0 Å². The maximum absolute atomic E-state index is 11.3. The summed E-state index contributed by atoms with van der Waals surface area (Å²) in [6.07, 6.45) is 6.58. The van der Waals surface area contributed by atoms with Crippen LogP contribution in [-0.2, 0) is 20.1 Å². The summed E-state index contributed by atoms with van der Waals surface area (Å²) >= 11 is 0. The molecule has 4 nitrogen and oxygen atoms in total. The van der Waals surface area contributed by atoms with Gasteiger partial charge in [-0.3, -0.25) is 14.4 Å². The average molecular weight is 283 g/mol. The van der Waals surface area contributed by atoms with E-state index in [9.17, 15) is 4.79 Å². The number of ketones is 1. The molecule has 2 aromatic rings. The van der Waals surface area contributed by atoms with Crippen LogP contribution < -0.4 is 0 Å². The number of carbonyl (C=O) groups is 1. The van der Waals surface area contributed by atoms with Gasteiger partial charge in [0, 0.05) is 43.5 Å². The molecule has 1 aromatic heterocycles. The molecule has 21 heavy (non-hydrogen) atoms. The van der Waals surface area contributed by atoms with E-state index in [0.717, 1.165) is 18.7 Å². The molecule has 1 aromatic carbocycles. The van der Waals surface area contributed by atoms with E-state index in [1.54, 1.807) is 6.92 Å². The Balaban J connectivity index is 1.68. The van der Waals surface area contributed by atoms with Crippen molar-refractivity contribution in [1.29, 1.82) is 0 Å². The van der Waals surface area contributed by atoms with Gasteiger partial charge in [-0.15, -0.1) is 0 Å². The van der Waals surface area contributed by atoms with Crippen LogP contribution in [0.5, 0.6) is 0 Å². The van der Waals surface area contributed by atoms with E-state index in [2.05, 4.69) is 28.3 Å². The van der Waals surface area contributed by atoms with E-state index in [1.807, 2.05) is 30.1 Å². The predicted molar refractivity (Wildman–Crippen MR) is 81.9 cm³/mol. The van der Waals surface area contributed by atoms with Crippen molar-refractivity contribution >= 4 is 5.78 Å². The topological polar surface area (TPSA) is 38.1 Å². The minimum atomic E-state index is 0.121. The molecule has 1 fully saturated rings. The molecule has 0 spiro atoms. The SMILES string of the molecule is CC(=O)c1ccc(CN(Cc2cnn(C)c2)C2CC2)cc1. The quantitative estimate of drug-likeness (QED) is 0.765. The number of Topliss-reactive ketones (excluding diaryl/α,β-unsaturated/α-hetero) is 1. The fourth-order valence-corrected chi connectivity index (χ4v) is 2.62. The first kappa shape index (κ1) is 14.0. The van der Waals surface area contributed by atoms with Gasteiger partial charge in [0.15, 0.2) is 5.78 Å². The molecule has 0 atom stereocenters. The Morgan fingerprint density at radius 3 is 2.43 bits per heavy atom. The second-order valence-corrected chi connectivity index (χ2v) is 5.91. The van der Waals surface area contributed by atoms with Crippen molar-refractivity contribution in [3.05, 3.63) is 53.3 Å². The smallest absolute Gasteiger partial charge is 0.159 e. The summed E-state index contributed by atoms with van der Waals surface area (Å²) < 4.78 is 1.85. The normalized spacial score (nSPS) is 14.6. The lowest BCUT2D eigenvalue weighted by molar-refractivity contribution is 0.101. The first-order valence-corrected chi connectivity index (χ1v) is 7.43. The van der Waals surface area contributed by atoms with Gasteiger partial charge in [-0.1, -0.05) is 24.3 Å². The van der Waals surface area contributed by atoms with Gasteiger partial charge in [-0.25, -0.2) is 0 Å². The summed E-state index contributed by atoms with van der Waals surface area (Å²) in [5.41, 5.74) is 3.30. The highest BCUT2D eigenvalue weighted by Crippen LogP contribution is 2.29. The molecule has 4 heteroatoms. The summed E-state index contributed by atoms with van der Waals surface area (Å²) in [6.45, 7) is 3.47. The summed E-state index contributed by atoms with van der Waals surface area (Å²) in [5.74, 6) is 0.121. The maximum Gasteiger partial charge on any atom is 0.159 e. The third kappa shape index (κ3) is 3.58. The molecule has 110 valence electrons. The number of carbonyl (C=O) groups excluding carboxylic acids is 1. The highest BCUT2D eigenvalue weighted by Gasteiger charge is 2.29. The Morgan fingerprint density at radius 2 is 1.90 bits per heavy atom. The van der Waals surface area contributed by atoms with Gasteiger partial charge >= 0.3 is 0 Å².